The molecule has 1 aliphatic rings. The minimum absolute atomic E-state index is 0.0450. The van der Waals surface area contributed by atoms with E-state index < -0.39 is 11.8 Å². The highest BCUT2D eigenvalue weighted by molar-refractivity contribution is 9.10. The molecule has 0 saturated carbocycles. The Morgan fingerprint density at radius 3 is 2.76 bits per heavy atom. The molecule has 0 spiro atoms. The Balaban J connectivity index is 1.84. The molecule has 7 heteroatoms. The van der Waals surface area contributed by atoms with E-state index in [9.17, 15) is 14.7 Å². The number of halogens is 1. The lowest BCUT2D eigenvalue weighted by atomic mass is 9.95. The van der Waals surface area contributed by atoms with E-state index in [1.54, 1.807) is 42.6 Å². The Labute approximate surface area is 152 Å². The van der Waals surface area contributed by atoms with Gasteiger partial charge in [0, 0.05) is 28.3 Å². The van der Waals surface area contributed by atoms with Crippen molar-refractivity contribution in [1.82, 2.24) is 10.6 Å². The van der Waals surface area contributed by atoms with Gasteiger partial charge < -0.3 is 15.2 Å². The largest absolute Gasteiger partial charge is 0.504 e. The number of carbonyl (C=O) groups is 2. The number of imide groups is 1. The monoisotopic (exact) mass is 402 g/mol. The molecule has 0 aliphatic carbocycles. The number of phenolic OH excluding ortho intramolecular Hbond substituents is 1. The predicted octanol–water partition coefficient (Wildman–Crippen LogP) is 2.56. The minimum Gasteiger partial charge on any atom is -0.504 e. The topological polar surface area (TPSA) is 87.7 Å². The molecule has 0 saturated heterocycles. The van der Waals surface area contributed by atoms with Crippen LogP contribution in [0.2, 0.25) is 0 Å². The van der Waals surface area contributed by atoms with Crippen molar-refractivity contribution in [2.75, 3.05) is 7.11 Å². The molecule has 0 unspecified atom stereocenters. The fourth-order valence-electron chi connectivity index (χ4n) is 2.59. The third kappa shape index (κ3) is 3.36. The summed E-state index contributed by atoms with van der Waals surface area (Å²) in [4.78, 5) is 24.1. The molecule has 1 aliphatic heterocycles. The Hall–Kier alpha value is -2.80. The molecule has 1 heterocycles. The lowest BCUT2D eigenvalue weighted by molar-refractivity contribution is -0.114. The average Bonchev–Trinajstić information content (AvgIpc) is 2.58. The van der Waals surface area contributed by atoms with E-state index in [4.69, 9.17) is 4.74 Å². The van der Waals surface area contributed by atoms with Crippen molar-refractivity contribution in [1.29, 1.82) is 0 Å². The highest BCUT2D eigenvalue weighted by atomic mass is 79.9. The normalized spacial score (nSPS) is 14.9. The first-order valence-corrected chi connectivity index (χ1v) is 8.24. The van der Waals surface area contributed by atoms with E-state index >= 15 is 0 Å². The van der Waals surface area contributed by atoms with E-state index in [2.05, 4.69) is 26.6 Å². The molecule has 0 aromatic heterocycles. The first kappa shape index (κ1) is 17.0. The first-order valence-electron chi connectivity index (χ1n) is 7.45. The van der Waals surface area contributed by atoms with Crippen molar-refractivity contribution in [3.8, 4) is 11.5 Å². The maximum absolute atomic E-state index is 12.2. The molecule has 0 radical (unpaired) electrons. The van der Waals surface area contributed by atoms with Crippen molar-refractivity contribution in [3.63, 3.8) is 0 Å². The molecule has 128 valence electrons. The molecular weight excluding hydrogens is 388 g/mol. The van der Waals surface area contributed by atoms with Crippen molar-refractivity contribution < 1.29 is 19.4 Å². The van der Waals surface area contributed by atoms with Crippen LogP contribution in [0.4, 0.5) is 0 Å². The lowest BCUT2D eigenvalue weighted by Crippen LogP contribution is -2.37. The first-order chi connectivity index (χ1) is 12.0. The van der Waals surface area contributed by atoms with E-state index in [0.717, 1.165) is 5.56 Å². The second kappa shape index (κ2) is 6.98. The fourth-order valence-corrected chi connectivity index (χ4v) is 3.17. The van der Waals surface area contributed by atoms with Gasteiger partial charge in [-0.05, 0) is 29.8 Å². The number of aromatic hydroxyl groups is 1. The number of benzene rings is 2. The molecule has 0 bridgehead atoms. The van der Waals surface area contributed by atoms with Gasteiger partial charge in [-0.2, -0.15) is 0 Å². The number of fused-ring (bicyclic) bond motifs is 1. The molecule has 0 fully saturated rings. The summed E-state index contributed by atoms with van der Waals surface area (Å²) < 4.78 is 5.67. The molecular formula is C18H15BrN2O4. The Kier molecular flexibility index (Phi) is 4.76. The summed E-state index contributed by atoms with van der Waals surface area (Å²) in [5, 5.41) is 15.2. The number of rotatable bonds is 4. The summed E-state index contributed by atoms with van der Waals surface area (Å²) in [6, 6.07) is 10.2. The molecule has 0 atom stereocenters. The van der Waals surface area contributed by atoms with Gasteiger partial charge in [-0.3, -0.25) is 14.9 Å². The zero-order chi connectivity index (χ0) is 18.0. The van der Waals surface area contributed by atoms with Gasteiger partial charge in [-0.25, -0.2) is 0 Å². The van der Waals surface area contributed by atoms with Gasteiger partial charge in [0.05, 0.1) is 12.7 Å². The van der Waals surface area contributed by atoms with E-state index in [1.807, 2.05) is 0 Å². The number of carbonyl (C=O) groups excluding carboxylic acids is 2. The van der Waals surface area contributed by atoms with Crippen LogP contribution in [0.25, 0.3) is 5.57 Å². The summed E-state index contributed by atoms with van der Waals surface area (Å²) >= 11 is 3.39. The van der Waals surface area contributed by atoms with Crippen LogP contribution in [0, 0.1) is 0 Å². The zero-order valence-corrected chi connectivity index (χ0v) is 14.9. The van der Waals surface area contributed by atoms with Crippen LogP contribution in [0.3, 0.4) is 0 Å². The third-order valence-electron chi connectivity index (χ3n) is 3.80. The summed E-state index contributed by atoms with van der Waals surface area (Å²) in [5.74, 6) is -0.443. The van der Waals surface area contributed by atoms with Gasteiger partial charge in [0.2, 0.25) is 0 Å². The van der Waals surface area contributed by atoms with Crippen LogP contribution in [0.5, 0.6) is 11.5 Å². The summed E-state index contributed by atoms with van der Waals surface area (Å²) in [7, 11) is 1.48. The maximum Gasteiger partial charge on any atom is 0.260 e. The van der Waals surface area contributed by atoms with Gasteiger partial charge >= 0.3 is 0 Å². The van der Waals surface area contributed by atoms with Gasteiger partial charge in [-0.1, -0.05) is 28.1 Å². The second-order valence-corrected chi connectivity index (χ2v) is 6.25. The van der Waals surface area contributed by atoms with E-state index in [-0.39, 0.29) is 5.75 Å². The Morgan fingerprint density at radius 1 is 1.24 bits per heavy atom. The third-order valence-corrected chi connectivity index (χ3v) is 4.46. The molecule has 2 amide bonds. The zero-order valence-electron chi connectivity index (χ0n) is 13.3. The maximum atomic E-state index is 12.2. The van der Waals surface area contributed by atoms with Crippen LogP contribution >= 0.6 is 15.9 Å². The highest BCUT2D eigenvalue weighted by Crippen LogP contribution is 2.31. The standard InChI is InChI=1S/C18H15BrN2O4/c1-25-15-6-5-10(7-14(15)22)8-20-9-12-16-11(3-2-4-13(16)19)17(23)21-18(12)24/h2-7,9,20,22H,8H2,1H3,(H,21,23,24)/b12-9-. The van der Waals surface area contributed by atoms with Gasteiger partial charge in [-0.15, -0.1) is 0 Å². The fraction of sp³-hybridized carbons (Fsp3) is 0.111. The van der Waals surface area contributed by atoms with Gasteiger partial charge in [0.15, 0.2) is 11.5 Å². The number of ether oxygens (including phenoxy) is 1. The Morgan fingerprint density at radius 2 is 2.04 bits per heavy atom. The summed E-state index contributed by atoms with van der Waals surface area (Å²) in [5.41, 5.74) is 2.17. The molecule has 25 heavy (non-hydrogen) atoms. The molecule has 6 nitrogen and oxygen atoms in total. The van der Waals surface area contributed by atoms with Gasteiger partial charge in [0.1, 0.15) is 0 Å². The second-order valence-electron chi connectivity index (χ2n) is 5.39. The van der Waals surface area contributed by atoms with Crippen molar-refractivity contribution >= 4 is 33.3 Å². The van der Waals surface area contributed by atoms with E-state index in [0.29, 0.717) is 33.5 Å². The van der Waals surface area contributed by atoms with Crippen LogP contribution < -0.4 is 15.4 Å². The molecule has 3 rings (SSSR count). The number of methoxy groups -OCH3 is 1. The van der Waals surface area contributed by atoms with Crippen molar-refractivity contribution in [2.45, 2.75) is 6.54 Å². The SMILES string of the molecule is COc1ccc(CN/C=C2\C(=O)NC(=O)c3cccc(Br)c32)cc1O. The molecule has 2 aromatic rings. The van der Waals surface area contributed by atoms with Crippen LogP contribution in [0.15, 0.2) is 47.1 Å². The van der Waals surface area contributed by atoms with Crippen LogP contribution in [0.1, 0.15) is 21.5 Å². The molecule has 2 aromatic carbocycles. The lowest BCUT2D eigenvalue weighted by Gasteiger charge is -2.19. The summed E-state index contributed by atoms with van der Waals surface area (Å²) in [6.07, 6.45) is 1.56. The predicted molar refractivity (Wildman–Crippen MR) is 96.1 cm³/mol. The molecule has 3 N–H and O–H groups in total. The average molecular weight is 403 g/mol. The number of hydrogen-bond donors (Lipinski definition) is 3. The van der Waals surface area contributed by atoms with Crippen LogP contribution in [-0.4, -0.2) is 24.0 Å². The van der Waals surface area contributed by atoms with Crippen molar-refractivity contribution in [3.05, 3.63) is 63.8 Å². The quantitative estimate of drug-likeness (QED) is 0.540. The number of phenols is 1. The number of nitrogens with one attached hydrogen (secondary N) is 2. The highest BCUT2D eigenvalue weighted by Gasteiger charge is 2.28. The Bertz CT molecular complexity index is 893. The van der Waals surface area contributed by atoms with Crippen LogP contribution in [-0.2, 0) is 11.3 Å². The smallest absolute Gasteiger partial charge is 0.260 e. The van der Waals surface area contributed by atoms with E-state index in [1.165, 1.54) is 7.11 Å². The number of hydrogen-bond acceptors (Lipinski definition) is 5. The number of amides is 2. The van der Waals surface area contributed by atoms with Gasteiger partial charge in [0.25, 0.3) is 11.8 Å². The minimum atomic E-state index is -0.463. The van der Waals surface area contributed by atoms with Crippen molar-refractivity contribution in [2.24, 2.45) is 0 Å². The summed E-state index contributed by atoms with van der Waals surface area (Å²) in [6.45, 7) is 0.391.